The van der Waals surface area contributed by atoms with Crippen LogP contribution in [0.5, 0.6) is 0 Å². The van der Waals surface area contributed by atoms with Gasteiger partial charge in [0.05, 0.1) is 0 Å². The van der Waals surface area contributed by atoms with Crippen molar-refractivity contribution in [3.63, 3.8) is 0 Å². The summed E-state index contributed by atoms with van der Waals surface area (Å²) in [6.45, 7) is 9.58. The van der Waals surface area contributed by atoms with Gasteiger partial charge in [0, 0.05) is 25.7 Å². The minimum absolute atomic E-state index is 0.0366. The van der Waals surface area contributed by atoms with E-state index in [1.54, 1.807) is 4.90 Å². The predicted molar refractivity (Wildman–Crippen MR) is 82.3 cm³/mol. The first-order chi connectivity index (χ1) is 9.81. The maximum Gasteiger partial charge on any atom is 0.407 e. The minimum Gasteiger partial charge on any atom is -0.444 e. The Morgan fingerprint density at radius 1 is 1.33 bits per heavy atom. The summed E-state index contributed by atoms with van der Waals surface area (Å²) in [6, 6.07) is -0.0790. The lowest BCUT2D eigenvalue weighted by atomic mass is 10.1. The van der Waals surface area contributed by atoms with Crippen LogP contribution in [0.2, 0.25) is 0 Å². The van der Waals surface area contributed by atoms with E-state index >= 15 is 0 Å². The molecule has 0 spiro atoms. The van der Waals surface area contributed by atoms with Gasteiger partial charge in [-0.05, 0) is 40.0 Å². The third-order valence-electron chi connectivity index (χ3n) is 3.24. The molecule has 122 valence electrons. The van der Waals surface area contributed by atoms with Crippen LogP contribution in [0.15, 0.2) is 0 Å². The molecule has 1 aliphatic rings. The van der Waals surface area contributed by atoms with Crippen LogP contribution in [0.1, 0.15) is 53.4 Å². The first-order valence-corrected chi connectivity index (χ1v) is 7.84. The normalized spacial score (nSPS) is 19.0. The van der Waals surface area contributed by atoms with E-state index in [0.717, 1.165) is 32.2 Å². The zero-order chi connectivity index (χ0) is 15.9. The van der Waals surface area contributed by atoms with Gasteiger partial charge in [-0.2, -0.15) is 0 Å². The Labute approximate surface area is 127 Å². The molecule has 1 aliphatic heterocycles. The van der Waals surface area contributed by atoms with E-state index in [0.29, 0.717) is 13.1 Å². The Kier molecular flexibility index (Phi) is 6.78. The van der Waals surface area contributed by atoms with Crippen LogP contribution >= 0.6 is 0 Å². The van der Waals surface area contributed by atoms with E-state index in [2.05, 4.69) is 17.6 Å². The number of rotatable bonds is 4. The highest BCUT2D eigenvalue weighted by Crippen LogP contribution is 2.12. The number of amides is 3. The second-order valence-electron chi connectivity index (χ2n) is 6.52. The molecule has 21 heavy (non-hydrogen) atoms. The van der Waals surface area contributed by atoms with Gasteiger partial charge in [-0.1, -0.05) is 13.3 Å². The fourth-order valence-corrected chi connectivity index (χ4v) is 2.24. The molecule has 0 bridgehead atoms. The van der Waals surface area contributed by atoms with E-state index in [1.165, 1.54) is 0 Å². The molecular formula is C15H29N3O3. The van der Waals surface area contributed by atoms with Crippen LogP contribution in [0.4, 0.5) is 9.59 Å². The molecule has 1 atom stereocenters. The Bertz CT molecular complexity index is 353. The molecule has 0 saturated carbocycles. The van der Waals surface area contributed by atoms with Gasteiger partial charge in [-0.15, -0.1) is 0 Å². The summed E-state index contributed by atoms with van der Waals surface area (Å²) in [7, 11) is 0. The summed E-state index contributed by atoms with van der Waals surface area (Å²) < 4.78 is 5.25. The van der Waals surface area contributed by atoms with Crippen molar-refractivity contribution in [2.75, 3.05) is 19.6 Å². The second-order valence-corrected chi connectivity index (χ2v) is 6.52. The molecule has 0 aromatic rings. The van der Waals surface area contributed by atoms with Crippen molar-refractivity contribution >= 4 is 12.1 Å². The third-order valence-corrected chi connectivity index (χ3v) is 3.24. The van der Waals surface area contributed by atoms with Crippen molar-refractivity contribution in [2.45, 2.75) is 65.0 Å². The quantitative estimate of drug-likeness (QED) is 0.783. The number of ether oxygens (including phenoxy) is 1. The molecule has 0 radical (unpaired) electrons. The Morgan fingerprint density at radius 2 is 2.05 bits per heavy atom. The smallest absolute Gasteiger partial charge is 0.407 e. The number of hydrogen-bond donors (Lipinski definition) is 2. The molecule has 1 saturated heterocycles. The first kappa shape index (κ1) is 17.6. The molecule has 0 aliphatic carbocycles. The zero-order valence-corrected chi connectivity index (χ0v) is 13.7. The molecule has 0 unspecified atom stereocenters. The number of nitrogens with zero attached hydrogens (tertiary/aromatic N) is 1. The summed E-state index contributed by atoms with van der Waals surface area (Å²) in [6.07, 6.45) is 3.39. The van der Waals surface area contributed by atoms with E-state index in [9.17, 15) is 9.59 Å². The summed E-state index contributed by atoms with van der Waals surface area (Å²) in [5.74, 6) is 0. The topological polar surface area (TPSA) is 70.7 Å². The minimum atomic E-state index is -0.504. The number of alkyl carbamates (subject to hydrolysis) is 1. The fraction of sp³-hybridized carbons (Fsp3) is 0.867. The standard InChI is InChI=1S/C15H29N3O3/c1-5-6-9-16-13(19)18-10-7-8-12(11-18)17-14(20)21-15(2,3)4/h12H,5-11H2,1-4H3,(H,16,19)(H,17,20)/t12-/m1/s1. The molecule has 2 N–H and O–H groups in total. The van der Waals surface area contributed by atoms with Crippen LogP contribution < -0.4 is 10.6 Å². The third kappa shape index (κ3) is 7.20. The number of hydrogen-bond acceptors (Lipinski definition) is 3. The van der Waals surface area contributed by atoms with Crippen molar-refractivity contribution in [1.29, 1.82) is 0 Å². The number of nitrogens with one attached hydrogen (secondary N) is 2. The number of carbonyl (C=O) groups excluding carboxylic acids is 2. The van der Waals surface area contributed by atoms with Gasteiger partial charge in [-0.3, -0.25) is 0 Å². The van der Waals surface area contributed by atoms with Gasteiger partial charge in [0.25, 0.3) is 0 Å². The molecule has 1 rings (SSSR count). The van der Waals surface area contributed by atoms with Gasteiger partial charge in [-0.25, -0.2) is 9.59 Å². The molecule has 1 heterocycles. The number of piperidine rings is 1. The van der Waals surface area contributed by atoms with Crippen molar-refractivity contribution < 1.29 is 14.3 Å². The lowest BCUT2D eigenvalue weighted by molar-refractivity contribution is 0.0479. The zero-order valence-electron chi connectivity index (χ0n) is 13.7. The van der Waals surface area contributed by atoms with Crippen LogP contribution in [-0.2, 0) is 4.74 Å². The lowest BCUT2D eigenvalue weighted by Gasteiger charge is -2.33. The van der Waals surface area contributed by atoms with Crippen LogP contribution in [0, 0.1) is 0 Å². The molecular weight excluding hydrogens is 270 g/mol. The van der Waals surface area contributed by atoms with Crippen molar-refractivity contribution in [2.24, 2.45) is 0 Å². The maximum absolute atomic E-state index is 12.0. The second kappa shape index (κ2) is 8.10. The summed E-state index contributed by atoms with van der Waals surface area (Å²) in [5, 5.41) is 5.75. The molecule has 6 nitrogen and oxygen atoms in total. The summed E-state index contributed by atoms with van der Waals surface area (Å²) in [4.78, 5) is 25.5. The highest BCUT2D eigenvalue weighted by molar-refractivity contribution is 5.74. The fourth-order valence-electron chi connectivity index (χ4n) is 2.24. The van der Waals surface area contributed by atoms with Gasteiger partial charge in [0.15, 0.2) is 0 Å². The average molecular weight is 299 g/mol. The molecule has 3 amide bonds. The Morgan fingerprint density at radius 3 is 2.67 bits per heavy atom. The molecule has 1 fully saturated rings. The van der Waals surface area contributed by atoms with Gasteiger partial charge >= 0.3 is 12.1 Å². The van der Waals surface area contributed by atoms with Crippen molar-refractivity contribution in [1.82, 2.24) is 15.5 Å². The SMILES string of the molecule is CCCCNC(=O)N1CCC[C@@H](NC(=O)OC(C)(C)C)C1. The summed E-state index contributed by atoms with van der Waals surface area (Å²) in [5.41, 5.74) is -0.504. The van der Waals surface area contributed by atoms with E-state index < -0.39 is 11.7 Å². The van der Waals surface area contributed by atoms with Crippen LogP contribution in [0.25, 0.3) is 0 Å². The Balaban J connectivity index is 2.38. The van der Waals surface area contributed by atoms with Crippen LogP contribution in [-0.4, -0.2) is 48.3 Å². The maximum atomic E-state index is 12.0. The lowest BCUT2D eigenvalue weighted by Crippen LogP contribution is -2.52. The summed E-state index contributed by atoms with van der Waals surface area (Å²) >= 11 is 0. The van der Waals surface area contributed by atoms with Crippen LogP contribution in [0.3, 0.4) is 0 Å². The largest absolute Gasteiger partial charge is 0.444 e. The number of carbonyl (C=O) groups is 2. The number of unbranched alkanes of at least 4 members (excludes halogenated alkanes) is 1. The van der Waals surface area contributed by atoms with Crippen molar-refractivity contribution in [3.05, 3.63) is 0 Å². The highest BCUT2D eigenvalue weighted by Gasteiger charge is 2.26. The Hall–Kier alpha value is -1.46. The van der Waals surface area contributed by atoms with Gasteiger partial charge in [0.2, 0.25) is 0 Å². The molecule has 0 aromatic heterocycles. The number of likely N-dealkylation sites (tertiary alicyclic amines) is 1. The van der Waals surface area contributed by atoms with E-state index in [4.69, 9.17) is 4.74 Å². The first-order valence-electron chi connectivity index (χ1n) is 7.84. The number of urea groups is 1. The highest BCUT2D eigenvalue weighted by atomic mass is 16.6. The molecule has 6 heteroatoms. The monoisotopic (exact) mass is 299 g/mol. The molecule has 0 aromatic carbocycles. The average Bonchev–Trinajstić information content (AvgIpc) is 2.36. The van der Waals surface area contributed by atoms with Gasteiger partial charge in [0.1, 0.15) is 5.60 Å². The predicted octanol–water partition coefficient (Wildman–Crippen LogP) is 2.49. The van der Waals surface area contributed by atoms with E-state index in [-0.39, 0.29) is 12.1 Å². The van der Waals surface area contributed by atoms with Crippen molar-refractivity contribution in [3.8, 4) is 0 Å². The van der Waals surface area contributed by atoms with E-state index in [1.807, 2.05) is 20.8 Å². The van der Waals surface area contributed by atoms with Gasteiger partial charge < -0.3 is 20.3 Å².